The zero-order valence-electron chi connectivity index (χ0n) is 11.5. The van der Waals surface area contributed by atoms with Gasteiger partial charge in [0.1, 0.15) is 0 Å². The van der Waals surface area contributed by atoms with Gasteiger partial charge in [0.05, 0.1) is 5.56 Å². The van der Waals surface area contributed by atoms with Crippen molar-refractivity contribution >= 4 is 43.7 Å². The molecule has 112 valence electrons. The quantitative estimate of drug-likeness (QED) is 0.766. The second kappa shape index (κ2) is 5.72. The lowest BCUT2D eigenvalue weighted by atomic mass is 9.77. The van der Waals surface area contributed by atoms with E-state index in [4.69, 9.17) is 0 Å². The number of piperidine rings is 1. The van der Waals surface area contributed by atoms with E-state index in [0.29, 0.717) is 12.0 Å². The molecule has 2 heterocycles. The van der Waals surface area contributed by atoms with Crippen LogP contribution >= 0.6 is 31.9 Å². The van der Waals surface area contributed by atoms with Crippen LogP contribution < -0.4 is 5.32 Å². The highest BCUT2D eigenvalue weighted by Gasteiger charge is 2.41. The standard InChI is InChI=1S/C15H16Br2N2O2/c16-10-1-2-11(12(17)7-10)14(21)19-5-3-15(4-6-19)8-13(20)18-9-15/h1-2,7H,3-6,8-9H2,(H,18,20). The van der Waals surface area contributed by atoms with E-state index in [2.05, 4.69) is 37.2 Å². The first-order valence-electron chi connectivity index (χ1n) is 7.00. The van der Waals surface area contributed by atoms with Gasteiger partial charge in [-0.3, -0.25) is 9.59 Å². The van der Waals surface area contributed by atoms with Crippen LogP contribution in [0.3, 0.4) is 0 Å². The largest absolute Gasteiger partial charge is 0.356 e. The molecule has 1 aromatic carbocycles. The van der Waals surface area contributed by atoms with Crippen LogP contribution in [0.4, 0.5) is 0 Å². The molecule has 3 rings (SSSR count). The summed E-state index contributed by atoms with van der Waals surface area (Å²) in [4.78, 5) is 25.9. The molecule has 2 aliphatic heterocycles. The van der Waals surface area contributed by atoms with E-state index in [1.807, 2.05) is 23.1 Å². The Hall–Kier alpha value is -0.880. The van der Waals surface area contributed by atoms with Gasteiger partial charge in [-0.2, -0.15) is 0 Å². The minimum atomic E-state index is 0.0570. The Kier molecular flexibility index (Phi) is 4.10. The SMILES string of the molecule is O=C1CC2(CCN(C(=O)c3ccc(Br)cc3Br)CC2)CN1. The van der Waals surface area contributed by atoms with E-state index in [0.717, 1.165) is 41.4 Å². The fourth-order valence-electron chi connectivity index (χ4n) is 3.12. The number of carbonyl (C=O) groups is 2. The third kappa shape index (κ3) is 3.01. The number of hydrogen-bond donors (Lipinski definition) is 1. The first kappa shape index (κ1) is 15.0. The number of nitrogens with zero attached hydrogens (tertiary/aromatic N) is 1. The summed E-state index contributed by atoms with van der Waals surface area (Å²) in [7, 11) is 0. The van der Waals surface area contributed by atoms with Crippen molar-refractivity contribution in [2.45, 2.75) is 19.3 Å². The van der Waals surface area contributed by atoms with Crippen molar-refractivity contribution in [1.29, 1.82) is 0 Å². The highest BCUT2D eigenvalue weighted by molar-refractivity contribution is 9.11. The maximum Gasteiger partial charge on any atom is 0.254 e. The van der Waals surface area contributed by atoms with E-state index < -0.39 is 0 Å². The second-order valence-corrected chi connectivity index (χ2v) is 7.64. The van der Waals surface area contributed by atoms with Crippen molar-refractivity contribution in [3.8, 4) is 0 Å². The number of likely N-dealkylation sites (tertiary alicyclic amines) is 1. The summed E-state index contributed by atoms with van der Waals surface area (Å²) < 4.78 is 1.75. The molecule has 1 aromatic rings. The summed E-state index contributed by atoms with van der Waals surface area (Å²) in [6, 6.07) is 5.60. The van der Waals surface area contributed by atoms with Crippen LogP contribution in [0.5, 0.6) is 0 Å². The topological polar surface area (TPSA) is 49.4 Å². The molecule has 0 aromatic heterocycles. The van der Waals surface area contributed by atoms with Crippen molar-refractivity contribution in [1.82, 2.24) is 10.2 Å². The van der Waals surface area contributed by atoms with Gasteiger partial charge in [-0.15, -0.1) is 0 Å². The molecule has 2 fully saturated rings. The van der Waals surface area contributed by atoms with E-state index in [-0.39, 0.29) is 17.2 Å². The van der Waals surface area contributed by atoms with Gasteiger partial charge in [0.25, 0.3) is 5.91 Å². The summed E-state index contributed by atoms with van der Waals surface area (Å²) in [5.41, 5.74) is 0.764. The predicted octanol–water partition coefficient (Wildman–Crippen LogP) is 2.95. The first-order chi connectivity index (χ1) is 9.99. The third-order valence-corrected chi connectivity index (χ3v) is 5.62. The molecular weight excluding hydrogens is 400 g/mol. The van der Waals surface area contributed by atoms with Gasteiger partial charge >= 0.3 is 0 Å². The number of amides is 2. The first-order valence-corrected chi connectivity index (χ1v) is 8.59. The van der Waals surface area contributed by atoms with Crippen molar-refractivity contribution < 1.29 is 9.59 Å². The lowest BCUT2D eigenvalue weighted by Gasteiger charge is -2.38. The number of benzene rings is 1. The van der Waals surface area contributed by atoms with Gasteiger partial charge in [-0.25, -0.2) is 0 Å². The van der Waals surface area contributed by atoms with Crippen molar-refractivity contribution in [2.75, 3.05) is 19.6 Å². The highest BCUT2D eigenvalue weighted by Crippen LogP contribution is 2.38. The molecule has 4 nitrogen and oxygen atoms in total. The van der Waals surface area contributed by atoms with Gasteiger partial charge in [-0.1, -0.05) is 15.9 Å². The van der Waals surface area contributed by atoms with E-state index >= 15 is 0 Å². The number of rotatable bonds is 1. The van der Waals surface area contributed by atoms with Crippen LogP contribution in [0, 0.1) is 5.41 Å². The predicted molar refractivity (Wildman–Crippen MR) is 87.0 cm³/mol. The lowest BCUT2D eigenvalue weighted by Crippen LogP contribution is -2.44. The van der Waals surface area contributed by atoms with E-state index in [9.17, 15) is 9.59 Å². The summed E-state index contributed by atoms with van der Waals surface area (Å²) >= 11 is 6.84. The fraction of sp³-hybridized carbons (Fsp3) is 0.467. The number of nitrogens with one attached hydrogen (secondary N) is 1. The van der Waals surface area contributed by atoms with Crippen LogP contribution in [-0.2, 0) is 4.79 Å². The molecule has 0 aliphatic carbocycles. The van der Waals surface area contributed by atoms with Gasteiger partial charge < -0.3 is 10.2 Å². The minimum Gasteiger partial charge on any atom is -0.356 e. The Labute approximate surface area is 140 Å². The van der Waals surface area contributed by atoms with Crippen LogP contribution in [-0.4, -0.2) is 36.3 Å². The highest BCUT2D eigenvalue weighted by atomic mass is 79.9. The Morgan fingerprint density at radius 2 is 1.95 bits per heavy atom. The Morgan fingerprint density at radius 3 is 2.52 bits per heavy atom. The zero-order chi connectivity index (χ0) is 15.0. The number of hydrogen-bond acceptors (Lipinski definition) is 2. The van der Waals surface area contributed by atoms with E-state index in [1.165, 1.54) is 0 Å². The second-order valence-electron chi connectivity index (χ2n) is 5.87. The molecule has 0 saturated carbocycles. The minimum absolute atomic E-state index is 0.0570. The monoisotopic (exact) mass is 414 g/mol. The van der Waals surface area contributed by atoms with Crippen LogP contribution in [0.1, 0.15) is 29.6 Å². The average Bonchev–Trinajstić information content (AvgIpc) is 2.80. The maximum absolute atomic E-state index is 12.6. The van der Waals surface area contributed by atoms with Gasteiger partial charge in [0.2, 0.25) is 5.91 Å². The van der Waals surface area contributed by atoms with E-state index in [1.54, 1.807) is 0 Å². The summed E-state index contributed by atoms with van der Waals surface area (Å²) in [5.74, 6) is 0.201. The lowest BCUT2D eigenvalue weighted by molar-refractivity contribution is -0.119. The molecular formula is C15H16Br2N2O2. The van der Waals surface area contributed by atoms with Gasteiger partial charge in [-0.05, 0) is 52.4 Å². The van der Waals surface area contributed by atoms with Crippen molar-refractivity contribution in [2.24, 2.45) is 5.41 Å². The Balaban J connectivity index is 1.69. The normalized spacial score (nSPS) is 20.7. The molecule has 2 amide bonds. The molecule has 0 radical (unpaired) electrons. The maximum atomic E-state index is 12.6. The van der Waals surface area contributed by atoms with Crippen molar-refractivity contribution in [3.05, 3.63) is 32.7 Å². The third-order valence-electron chi connectivity index (χ3n) is 4.47. The van der Waals surface area contributed by atoms with Crippen LogP contribution in [0.2, 0.25) is 0 Å². The Morgan fingerprint density at radius 1 is 1.24 bits per heavy atom. The molecule has 0 unspecified atom stereocenters. The smallest absolute Gasteiger partial charge is 0.254 e. The molecule has 1 spiro atoms. The van der Waals surface area contributed by atoms with Crippen LogP contribution in [0.15, 0.2) is 27.1 Å². The number of carbonyl (C=O) groups excluding carboxylic acids is 2. The molecule has 2 aliphatic rings. The summed E-state index contributed by atoms with van der Waals surface area (Å²) in [5, 5.41) is 2.92. The average molecular weight is 416 g/mol. The summed E-state index contributed by atoms with van der Waals surface area (Å²) in [6.07, 6.45) is 2.40. The molecule has 2 saturated heterocycles. The zero-order valence-corrected chi connectivity index (χ0v) is 14.7. The molecule has 1 N–H and O–H groups in total. The summed E-state index contributed by atoms with van der Waals surface area (Å²) in [6.45, 7) is 2.20. The molecule has 0 bridgehead atoms. The van der Waals surface area contributed by atoms with Crippen LogP contribution in [0.25, 0.3) is 0 Å². The number of halogens is 2. The Bertz CT molecular complexity index is 595. The van der Waals surface area contributed by atoms with Gasteiger partial charge in [0, 0.05) is 35.0 Å². The van der Waals surface area contributed by atoms with Crippen molar-refractivity contribution in [3.63, 3.8) is 0 Å². The van der Waals surface area contributed by atoms with Gasteiger partial charge in [0.15, 0.2) is 0 Å². The molecule has 0 atom stereocenters. The molecule has 6 heteroatoms. The fourth-order valence-corrected chi connectivity index (χ4v) is 4.34. The molecule has 21 heavy (non-hydrogen) atoms.